The molecule has 2 unspecified atom stereocenters. The van der Waals surface area contributed by atoms with Crippen LogP contribution in [-0.4, -0.2) is 24.2 Å². The zero-order valence-electron chi connectivity index (χ0n) is 10.1. The first-order chi connectivity index (χ1) is 8.30. The summed E-state index contributed by atoms with van der Waals surface area (Å²) in [6.07, 6.45) is 0.944. The van der Waals surface area contributed by atoms with Gasteiger partial charge in [-0.25, -0.2) is 13.2 Å². The topological polar surface area (TPSA) is 71.4 Å². The van der Waals surface area contributed by atoms with E-state index in [0.717, 1.165) is 12.0 Å². The molecule has 0 spiro atoms. The van der Waals surface area contributed by atoms with Crippen LogP contribution in [0.5, 0.6) is 0 Å². The summed E-state index contributed by atoms with van der Waals surface area (Å²) in [4.78, 5) is 10.6. The number of carboxylic acids is 1. The van der Waals surface area contributed by atoms with Crippen molar-refractivity contribution in [2.24, 2.45) is 0 Å². The van der Waals surface area contributed by atoms with Gasteiger partial charge in [0.05, 0.1) is 4.90 Å². The first-order valence-electron chi connectivity index (χ1n) is 5.51. The van der Waals surface area contributed by atoms with Gasteiger partial charge in [0.1, 0.15) is 0 Å². The SMILES string of the molecule is CCC(C)c1ccc(S(=O)(=O)C(Cl)C(=O)O)cc1. The summed E-state index contributed by atoms with van der Waals surface area (Å²) in [5, 5.41) is 8.65. The summed E-state index contributed by atoms with van der Waals surface area (Å²) in [6, 6.07) is 6.17. The number of benzene rings is 1. The maximum atomic E-state index is 11.8. The van der Waals surface area contributed by atoms with E-state index in [1.54, 1.807) is 12.1 Å². The fourth-order valence-corrected chi connectivity index (χ4v) is 2.80. The number of carbonyl (C=O) groups is 1. The molecule has 0 saturated carbocycles. The maximum absolute atomic E-state index is 11.8. The fourth-order valence-electron chi connectivity index (χ4n) is 1.47. The smallest absolute Gasteiger partial charge is 0.337 e. The molecule has 0 heterocycles. The highest BCUT2D eigenvalue weighted by Crippen LogP contribution is 2.23. The van der Waals surface area contributed by atoms with Crippen LogP contribution in [0.3, 0.4) is 0 Å². The fraction of sp³-hybridized carbons (Fsp3) is 0.417. The lowest BCUT2D eigenvalue weighted by Crippen LogP contribution is -2.24. The van der Waals surface area contributed by atoms with Crippen LogP contribution in [0.25, 0.3) is 0 Å². The van der Waals surface area contributed by atoms with Crippen molar-refractivity contribution < 1.29 is 18.3 Å². The molecule has 0 aliphatic rings. The van der Waals surface area contributed by atoms with Crippen molar-refractivity contribution in [2.45, 2.75) is 35.8 Å². The number of rotatable bonds is 5. The highest BCUT2D eigenvalue weighted by molar-refractivity contribution is 7.94. The van der Waals surface area contributed by atoms with E-state index in [-0.39, 0.29) is 4.90 Å². The largest absolute Gasteiger partial charge is 0.479 e. The Hall–Kier alpha value is -1.07. The molecule has 0 aliphatic carbocycles. The van der Waals surface area contributed by atoms with E-state index in [0.29, 0.717) is 5.92 Å². The van der Waals surface area contributed by atoms with Gasteiger partial charge in [0.15, 0.2) is 0 Å². The molecule has 4 nitrogen and oxygen atoms in total. The predicted molar refractivity (Wildman–Crippen MR) is 69.6 cm³/mol. The number of halogens is 1. The number of aliphatic carboxylic acids is 1. The second kappa shape index (κ2) is 5.71. The molecular weight excluding hydrogens is 276 g/mol. The van der Waals surface area contributed by atoms with Crippen molar-refractivity contribution in [3.05, 3.63) is 29.8 Å². The summed E-state index contributed by atoms with van der Waals surface area (Å²) in [7, 11) is -4.02. The van der Waals surface area contributed by atoms with E-state index in [4.69, 9.17) is 16.7 Å². The lowest BCUT2D eigenvalue weighted by Gasteiger charge is -2.11. The molecule has 0 bridgehead atoms. The number of carboxylic acid groups (broad SMARTS) is 1. The van der Waals surface area contributed by atoms with Gasteiger partial charge in [-0.05, 0) is 30.0 Å². The molecule has 1 aromatic carbocycles. The lowest BCUT2D eigenvalue weighted by atomic mass is 9.99. The zero-order chi connectivity index (χ0) is 13.9. The normalized spacial score (nSPS) is 15.1. The number of hydrogen-bond acceptors (Lipinski definition) is 3. The van der Waals surface area contributed by atoms with Gasteiger partial charge >= 0.3 is 5.97 Å². The van der Waals surface area contributed by atoms with Crippen LogP contribution in [-0.2, 0) is 14.6 Å². The minimum Gasteiger partial charge on any atom is -0.479 e. The average Bonchev–Trinajstić information content (AvgIpc) is 2.36. The predicted octanol–water partition coefficient (Wildman–Crippen LogP) is 2.62. The van der Waals surface area contributed by atoms with E-state index in [9.17, 15) is 13.2 Å². The Morgan fingerprint density at radius 1 is 1.33 bits per heavy atom. The Kier molecular flexibility index (Phi) is 4.76. The molecule has 2 atom stereocenters. The van der Waals surface area contributed by atoms with Crippen molar-refractivity contribution in [2.75, 3.05) is 0 Å². The molecule has 1 rings (SSSR count). The van der Waals surface area contributed by atoms with Gasteiger partial charge in [-0.3, -0.25) is 0 Å². The first-order valence-corrected chi connectivity index (χ1v) is 7.49. The van der Waals surface area contributed by atoms with E-state index < -0.39 is 20.5 Å². The number of sulfone groups is 1. The molecule has 0 aromatic heterocycles. The van der Waals surface area contributed by atoms with E-state index >= 15 is 0 Å². The lowest BCUT2D eigenvalue weighted by molar-refractivity contribution is -0.134. The highest BCUT2D eigenvalue weighted by atomic mass is 35.5. The van der Waals surface area contributed by atoms with Gasteiger partial charge in [-0.1, -0.05) is 37.6 Å². The third-order valence-corrected chi connectivity index (χ3v) is 5.42. The second-order valence-corrected chi connectivity index (χ2v) is 6.81. The van der Waals surface area contributed by atoms with Crippen LogP contribution in [0.2, 0.25) is 0 Å². The minimum atomic E-state index is -4.02. The van der Waals surface area contributed by atoms with Crippen LogP contribution in [0.1, 0.15) is 31.7 Å². The van der Waals surface area contributed by atoms with E-state index in [1.165, 1.54) is 12.1 Å². The Morgan fingerprint density at radius 3 is 2.22 bits per heavy atom. The van der Waals surface area contributed by atoms with E-state index in [2.05, 4.69) is 0 Å². The van der Waals surface area contributed by atoms with Crippen molar-refractivity contribution in [3.8, 4) is 0 Å². The molecule has 0 aliphatic heterocycles. The summed E-state index contributed by atoms with van der Waals surface area (Å²) >= 11 is 5.38. The van der Waals surface area contributed by atoms with Crippen LogP contribution in [0.4, 0.5) is 0 Å². The monoisotopic (exact) mass is 290 g/mol. The Labute approximate surface area is 112 Å². The third kappa shape index (κ3) is 3.03. The maximum Gasteiger partial charge on any atom is 0.337 e. The molecule has 0 fully saturated rings. The quantitative estimate of drug-likeness (QED) is 0.846. The third-order valence-electron chi connectivity index (χ3n) is 2.86. The second-order valence-electron chi connectivity index (χ2n) is 4.08. The molecule has 100 valence electrons. The Morgan fingerprint density at radius 2 is 1.83 bits per heavy atom. The Bertz CT molecular complexity index is 522. The molecule has 0 saturated heterocycles. The van der Waals surface area contributed by atoms with Crippen LogP contribution in [0, 0.1) is 0 Å². The number of hydrogen-bond donors (Lipinski definition) is 1. The summed E-state index contributed by atoms with van der Waals surface area (Å²) in [5.41, 5.74) is 1.01. The van der Waals surface area contributed by atoms with Crippen molar-refractivity contribution in [3.63, 3.8) is 0 Å². The molecule has 0 radical (unpaired) electrons. The van der Waals surface area contributed by atoms with Crippen LogP contribution in [0.15, 0.2) is 29.2 Å². The van der Waals surface area contributed by atoms with Gasteiger partial charge in [-0.2, -0.15) is 0 Å². The van der Waals surface area contributed by atoms with Gasteiger partial charge in [0.2, 0.25) is 14.5 Å². The number of alkyl halides is 1. The molecule has 1 aromatic rings. The van der Waals surface area contributed by atoms with Crippen molar-refractivity contribution >= 4 is 27.4 Å². The molecular formula is C12H15ClO4S. The van der Waals surface area contributed by atoms with Crippen molar-refractivity contribution in [1.29, 1.82) is 0 Å². The van der Waals surface area contributed by atoms with Gasteiger partial charge in [0, 0.05) is 0 Å². The minimum absolute atomic E-state index is 0.0723. The molecule has 6 heteroatoms. The molecule has 18 heavy (non-hydrogen) atoms. The van der Waals surface area contributed by atoms with Crippen LogP contribution < -0.4 is 0 Å². The summed E-state index contributed by atoms with van der Waals surface area (Å²) < 4.78 is 21.7. The highest BCUT2D eigenvalue weighted by Gasteiger charge is 2.31. The molecule has 1 N–H and O–H groups in total. The summed E-state index contributed by atoms with van der Waals surface area (Å²) in [5.74, 6) is -1.24. The van der Waals surface area contributed by atoms with Gasteiger partial charge in [-0.15, -0.1) is 0 Å². The van der Waals surface area contributed by atoms with Gasteiger partial charge in [0.25, 0.3) is 0 Å². The summed E-state index contributed by atoms with van der Waals surface area (Å²) in [6.45, 7) is 4.07. The zero-order valence-corrected chi connectivity index (χ0v) is 11.7. The van der Waals surface area contributed by atoms with Gasteiger partial charge < -0.3 is 5.11 Å². The standard InChI is InChI=1S/C12H15ClO4S/c1-3-8(2)9-4-6-10(7-5-9)18(16,17)11(13)12(14)15/h4-8,11H,3H2,1-2H3,(H,14,15). The average molecular weight is 291 g/mol. The van der Waals surface area contributed by atoms with Crippen molar-refractivity contribution in [1.82, 2.24) is 0 Å². The van der Waals surface area contributed by atoms with Crippen LogP contribution >= 0.6 is 11.6 Å². The molecule has 0 amide bonds. The first kappa shape index (κ1) is 15.0. The Balaban J connectivity index is 3.09. The van der Waals surface area contributed by atoms with E-state index in [1.807, 2.05) is 13.8 Å².